The largest absolute Gasteiger partial charge is 0.466 e. The Hall–Kier alpha value is -1.93. The molecule has 1 fully saturated rings. The van der Waals surface area contributed by atoms with Crippen molar-refractivity contribution < 1.29 is 38.1 Å². The van der Waals surface area contributed by atoms with Gasteiger partial charge in [0.25, 0.3) is 0 Å². The van der Waals surface area contributed by atoms with Gasteiger partial charge in [-0.05, 0) is 27.7 Å². The van der Waals surface area contributed by atoms with Gasteiger partial charge in [-0.3, -0.25) is 4.79 Å². The zero-order chi connectivity index (χ0) is 18.4. The van der Waals surface area contributed by atoms with Gasteiger partial charge in [-0.25, -0.2) is 9.59 Å². The van der Waals surface area contributed by atoms with Crippen LogP contribution in [0.1, 0.15) is 34.1 Å². The molecule has 0 aromatic rings. The van der Waals surface area contributed by atoms with Crippen LogP contribution in [0.15, 0.2) is 12.2 Å². The van der Waals surface area contributed by atoms with Crippen LogP contribution in [-0.4, -0.2) is 55.7 Å². The van der Waals surface area contributed by atoms with E-state index in [1.54, 1.807) is 20.8 Å². The minimum Gasteiger partial charge on any atom is -0.466 e. The molecule has 1 saturated heterocycles. The number of carbonyl (C=O) groups is 3. The van der Waals surface area contributed by atoms with Gasteiger partial charge in [0, 0.05) is 5.57 Å². The average Bonchev–Trinajstić information content (AvgIpc) is 2.48. The van der Waals surface area contributed by atoms with Crippen molar-refractivity contribution in [2.45, 2.75) is 45.5 Å². The van der Waals surface area contributed by atoms with Crippen LogP contribution < -0.4 is 0 Å². The predicted molar refractivity (Wildman–Crippen MR) is 81.8 cm³/mol. The van der Waals surface area contributed by atoms with Crippen molar-refractivity contribution in [1.82, 2.24) is 0 Å². The van der Waals surface area contributed by atoms with E-state index in [9.17, 15) is 14.4 Å². The highest BCUT2D eigenvalue weighted by Crippen LogP contribution is 2.29. The molecule has 1 aliphatic heterocycles. The van der Waals surface area contributed by atoms with Gasteiger partial charge in [0.1, 0.15) is 0 Å². The topological polar surface area (TPSA) is 97.4 Å². The number of rotatable bonds is 7. The summed E-state index contributed by atoms with van der Waals surface area (Å²) in [6.45, 7) is 9.47. The van der Waals surface area contributed by atoms with E-state index in [0.29, 0.717) is 0 Å². The van der Waals surface area contributed by atoms with Gasteiger partial charge in [-0.15, -0.1) is 0 Å². The van der Waals surface area contributed by atoms with Gasteiger partial charge in [0.05, 0.1) is 26.2 Å². The maximum Gasteiger partial charge on any atom is 0.345 e. The summed E-state index contributed by atoms with van der Waals surface area (Å²) in [5.41, 5.74) is -1.16. The van der Waals surface area contributed by atoms with E-state index in [-0.39, 0.29) is 31.8 Å². The van der Waals surface area contributed by atoms with E-state index in [2.05, 4.69) is 6.58 Å². The molecule has 0 aromatic carbocycles. The van der Waals surface area contributed by atoms with E-state index in [4.69, 9.17) is 23.7 Å². The van der Waals surface area contributed by atoms with Crippen molar-refractivity contribution in [2.24, 2.45) is 0 Å². The quantitative estimate of drug-likeness (QED) is 0.385. The molecule has 0 amide bonds. The Labute approximate surface area is 141 Å². The first-order valence-corrected chi connectivity index (χ1v) is 7.57. The smallest absolute Gasteiger partial charge is 0.345 e. The van der Waals surface area contributed by atoms with Crippen molar-refractivity contribution >= 4 is 17.9 Å². The lowest BCUT2D eigenvalue weighted by Gasteiger charge is -2.42. The van der Waals surface area contributed by atoms with E-state index in [1.807, 2.05) is 0 Å². The van der Waals surface area contributed by atoms with Crippen molar-refractivity contribution in [3.63, 3.8) is 0 Å². The Balaban J connectivity index is 2.71. The highest BCUT2D eigenvalue weighted by Gasteiger charge is 2.45. The Morgan fingerprint density at radius 3 is 2.17 bits per heavy atom. The van der Waals surface area contributed by atoms with E-state index >= 15 is 0 Å². The fraction of sp³-hybridized carbons (Fsp3) is 0.688. The molecular weight excluding hydrogens is 320 g/mol. The maximum absolute atomic E-state index is 12.0. The number of carbonyl (C=O) groups excluding carboxylic acids is 3. The van der Waals surface area contributed by atoms with Crippen LogP contribution in [0.25, 0.3) is 0 Å². The summed E-state index contributed by atoms with van der Waals surface area (Å²) >= 11 is 0. The maximum atomic E-state index is 12.0. The Kier molecular flexibility index (Phi) is 6.92. The fourth-order valence-electron chi connectivity index (χ4n) is 1.88. The third-order valence-electron chi connectivity index (χ3n) is 3.14. The van der Waals surface area contributed by atoms with Gasteiger partial charge >= 0.3 is 17.9 Å². The van der Waals surface area contributed by atoms with Crippen LogP contribution in [-0.2, 0) is 38.1 Å². The Morgan fingerprint density at radius 2 is 1.67 bits per heavy atom. The molecule has 8 nitrogen and oxygen atoms in total. The number of esters is 3. The zero-order valence-electron chi connectivity index (χ0n) is 14.5. The first-order chi connectivity index (χ1) is 11.1. The Morgan fingerprint density at radius 1 is 1.08 bits per heavy atom. The lowest BCUT2D eigenvalue weighted by Crippen LogP contribution is -2.55. The molecule has 1 aliphatic rings. The van der Waals surface area contributed by atoms with Crippen molar-refractivity contribution in [1.29, 1.82) is 0 Å². The molecule has 0 aliphatic carbocycles. The summed E-state index contributed by atoms with van der Waals surface area (Å²) in [6, 6.07) is 0. The summed E-state index contributed by atoms with van der Waals surface area (Å²) in [6.07, 6.45) is -0.225. The molecule has 0 radical (unpaired) electrons. The Bertz CT molecular complexity index is 498. The van der Waals surface area contributed by atoms with Gasteiger partial charge < -0.3 is 23.7 Å². The third kappa shape index (κ3) is 6.29. The monoisotopic (exact) mass is 344 g/mol. The lowest BCUT2D eigenvalue weighted by molar-refractivity contribution is -0.305. The molecule has 0 spiro atoms. The van der Waals surface area contributed by atoms with E-state index in [0.717, 1.165) is 0 Å². The fourth-order valence-corrected chi connectivity index (χ4v) is 1.88. The standard InChI is InChI=1S/C16H24O8/c1-6-20-12(17)7-16(9-22-15(4,5)23-10-16)24-13(18)8-21-14(19)11(2)3/h2,6-10H2,1,3-5H3. The molecule has 0 unspecified atom stereocenters. The van der Waals surface area contributed by atoms with Crippen molar-refractivity contribution in [3.8, 4) is 0 Å². The van der Waals surface area contributed by atoms with Crippen LogP contribution in [0.5, 0.6) is 0 Å². The number of hydrogen-bond donors (Lipinski definition) is 0. The van der Waals surface area contributed by atoms with Crippen LogP contribution in [0, 0.1) is 0 Å². The van der Waals surface area contributed by atoms with Crippen LogP contribution >= 0.6 is 0 Å². The summed E-state index contributed by atoms with van der Waals surface area (Å²) in [5.74, 6) is -2.92. The second-order valence-corrected chi connectivity index (χ2v) is 5.97. The summed E-state index contributed by atoms with van der Waals surface area (Å²) in [5, 5.41) is 0. The van der Waals surface area contributed by atoms with E-state index < -0.39 is 35.9 Å². The van der Waals surface area contributed by atoms with Crippen LogP contribution in [0.3, 0.4) is 0 Å². The second kappa shape index (κ2) is 8.25. The first-order valence-electron chi connectivity index (χ1n) is 7.57. The zero-order valence-corrected chi connectivity index (χ0v) is 14.5. The second-order valence-electron chi connectivity index (χ2n) is 5.97. The minimum atomic E-state index is -1.32. The van der Waals surface area contributed by atoms with Gasteiger partial charge in [0.15, 0.2) is 18.0 Å². The SMILES string of the molecule is C=C(C)C(=O)OCC(=O)OC1(CC(=O)OCC)COC(C)(C)OC1. The molecule has 8 heteroatoms. The summed E-state index contributed by atoms with van der Waals surface area (Å²) in [7, 11) is 0. The van der Waals surface area contributed by atoms with Gasteiger partial charge in [-0.1, -0.05) is 6.58 Å². The molecular formula is C16H24O8. The minimum absolute atomic E-state index is 0.0427. The predicted octanol–water partition coefficient (Wildman–Crippen LogP) is 1.12. The summed E-state index contributed by atoms with van der Waals surface area (Å²) in [4.78, 5) is 35.1. The van der Waals surface area contributed by atoms with Gasteiger partial charge in [-0.2, -0.15) is 0 Å². The molecule has 0 saturated carbocycles. The number of hydrogen-bond acceptors (Lipinski definition) is 8. The van der Waals surface area contributed by atoms with Gasteiger partial charge in [0.2, 0.25) is 0 Å². The highest BCUT2D eigenvalue weighted by atomic mass is 16.7. The molecule has 0 N–H and O–H groups in total. The van der Waals surface area contributed by atoms with Crippen LogP contribution in [0.4, 0.5) is 0 Å². The van der Waals surface area contributed by atoms with Crippen LogP contribution in [0.2, 0.25) is 0 Å². The molecule has 24 heavy (non-hydrogen) atoms. The lowest BCUT2D eigenvalue weighted by atomic mass is 10.00. The van der Waals surface area contributed by atoms with Crippen molar-refractivity contribution in [2.75, 3.05) is 26.4 Å². The normalized spacial score (nSPS) is 18.3. The van der Waals surface area contributed by atoms with E-state index in [1.165, 1.54) is 6.92 Å². The molecule has 0 bridgehead atoms. The number of ether oxygens (including phenoxy) is 5. The molecule has 136 valence electrons. The highest BCUT2D eigenvalue weighted by molar-refractivity contribution is 5.88. The van der Waals surface area contributed by atoms with Crippen molar-refractivity contribution in [3.05, 3.63) is 12.2 Å². The average molecular weight is 344 g/mol. The molecule has 1 rings (SSSR count). The molecule has 0 atom stereocenters. The summed E-state index contributed by atoms with van der Waals surface area (Å²) < 4.78 is 25.9. The molecule has 0 aromatic heterocycles. The third-order valence-corrected chi connectivity index (χ3v) is 3.14. The molecule has 1 heterocycles. The first kappa shape index (κ1) is 20.1.